The molecule has 0 unspecified atom stereocenters. The van der Waals surface area contributed by atoms with E-state index in [9.17, 15) is 4.79 Å². The van der Waals surface area contributed by atoms with E-state index in [1.54, 1.807) is 6.20 Å². The Morgan fingerprint density at radius 3 is 2.43 bits per heavy atom. The van der Waals surface area contributed by atoms with E-state index in [1.165, 1.54) is 19.3 Å². The molecular weight excluding hydrogens is 352 g/mol. The largest absolute Gasteiger partial charge is 0.332 e. The van der Waals surface area contributed by atoms with Crippen LogP contribution in [0.25, 0.3) is 0 Å². The fourth-order valence-corrected chi connectivity index (χ4v) is 6.32. The van der Waals surface area contributed by atoms with Crippen molar-refractivity contribution in [2.75, 3.05) is 5.32 Å². The number of rotatable bonds is 5. The van der Waals surface area contributed by atoms with Crippen LogP contribution < -0.4 is 10.6 Å². The summed E-state index contributed by atoms with van der Waals surface area (Å²) in [5.74, 6) is 2.46. The first-order valence-electron chi connectivity index (χ1n) is 10.6. The van der Waals surface area contributed by atoms with Gasteiger partial charge in [0.15, 0.2) is 0 Å². The molecule has 7 heteroatoms. The second-order valence-corrected chi connectivity index (χ2v) is 9.27. The van der Waals surface area contributed by atoms with Gasteiger partial charge < -0.3 is 10.6 Å². The molecule has 4 bridgehead atoms. The lowest BCUT2D eigenvalue weighted by Crippen LogP contribution is -2.60. The van der Waals surface area contributed by atoms with E-state index in [0.717, 1.165) is 60.5 Å². The van der Waals surface area contributed by atoms with Crippen LogP contribution in [0, 0.1) is 24.7 Å². The van der Waals surface area contributed by atoms with Gasteiger partial charge in [0.25, 0.3) is 0 Å². The standard InChI is InChI=1S/C21H30N6O/c1-3-27-14(2)18(10-23-27)12-26-13-19(11-22-26)24-20(28)25-21-7-15-4-16(8-21)6-17(5-15)9-21/h10-11,13,15-17H,3-9,12H2,1-2H3,(H2,24,25,28). The molecule has 0 atom stereocenters. The smallest absolute Gasteiger partial charge is 0.319 e. The molecule has 2 N–H and O–H groups in total. The summed E-state index contributed by atoms with van der Waals surface area (Å²) >= 11 is 0. The van der Waals surface area contributed by atoms with Crippen LogP contribution in [-0.4, -0.2) is 31.1 Å². The fourth-order valence-electron chi connectivity index (χ4n) is 6.32. The number of hydrogen-bond donors (Lipinski definition) is 2. The highest BCUT2D eigenvalue weighted by molar-refractivity contribution is 5.89. The Morgan fingerprint density at radius 2 is 1.82 bits per heavy atom. The third-order valence-electron chi connectivity index (χ3n) is 7.14. The minimum Gasteiger partial charge on any atom is -0.332 e. The van der Waals surface area contributed by atoms with E-state index in [2.05, 4.69) is 34.7 Å². The number of aryl methyl sites for hydroxylation is 1. The summed E-state index contributed by atoms with van der Waals surface area (Å²) in [5, 5.41) is 15.1. The van der Waals surface area contributed by atoms with Crippen molar-refractivity contribution >= 4 is 11.7 Å². The maximum atomic E-state index is 12.7. The average Bonchev–Trinajstić information content (AvgIpc) is 3.20. The molecule has 6 rings (SSSR count). The highest BCUT2D eigenvalue weighted by Crippen LogP contribution is 2.55. The molecule has 2 aromatic heterocycles. The molecular formula is C21H30N6O. The number of carbonyl (C=O) groups is 1. The Morgan fingerprint density at radius 1 is 1.14 bits per heavy atom. The Hall–Kier alpha value is -2.31. The van der Waals surface area contributed by atoms with Crippen LogP contribution in [0.15, 0.2) is 18.6 Å². The summed E-state index contributed by atoms with van der Waals surface area (Å²) < 4.78 is 3.83. The van der Waals surface area contributed by atoms with Gasteiger partial charge in [0.05, 0.1) is 24.6 Å². The summed E-state index contributed by atoms with van der Waals surface area (Å²) in [7, 11) is 0. The van der Waals surface area contributed by atoms with Crippen LogP contribution in [0.5, 0.6) is 0 Å². The molecule has 2 amide bonds. The third kappa shape index (κ3) is 3.20. The van der Waals surface area contributed by atoms with Crippen LogP contribution in [0.3, 0.4) is 0 Å². The molecule has 4 aliphatic carbocycles. The van der Waals surface area contributed by atoms with Crippen molar-refractivity contribution in [1.82, 2.24) is 24.9 Å². The van der Waals surface area contributed by atoms with E-state index >= 15 is 0 Å². The van der Waals surface area contributed by atoms with Gasteiger partial charge in [-0.3, -0.25) is 9.36 Å². The first-order valence-corrected chi connectivity index (χ1v) is 10.6. The average molecular weight is 383 g/mol. The summed E-state index contributed by atoms with van der Waals surface area (Å²) in [6.45, 7) is 5.68. The molecule has 7 nitrogen and oxygen atoms in total. The van der Waals surface area contributed by atoms with E-state index in [4.69, 9.17) is 0 Å². The number of aromatic nitrogens is 4. The lowest BCUT2D eigenvalue weighted by atomic mass is 9.53. The summed E-state index contributed by atoms with van der Waals surface area (Å²) in [4.78, 5) is 12.7. The number of nitrogens with one attached hydrogen (secondary N) is 2. The zero-order valence-electron chi connectivity index (χ0n) is 16.8. The SMILES string of the molecule is CCn1ncc(Cn2cc(NC(=O)NC34CC5CC(CC(C5)C3)C4)cn2)c1C. The summed E-state index contributed by atoms with van der Waals surface area (Å²) in [5.41, 5.74) is 3.07. The maximum absolute atomic E-state index is 12.7. The molecule has 0 aromatic carbocycles. The molecule has 4 saturated carbocycles. The number of hydrogen-bond acceptors (Lipinski definition) is 3. The van der Waals surface area contributed by atoms with Gasteiger partial charge in [-0.2, -0.15) is 10.2 Å². The van der Waals surface area contributed by atoms with Gasteiger partial charge in [-0.05, 0) is 70.1 Å². The zero-order chi connectivity index (χ0) is 19.3. The van der Waals surface area contributed by atoms with Crippen LogP contribution >= 0.6 is 0 Å². The van der Waals surface area contributed by atoms with Crippen molar-refractivity contribution in [3.05, 3.63) is 29.8 Å². The molecule has 0 aliphatic heterocycles. The first-order chi connectivity index (χ1) is 13.5. The van der Waals surface area contributed by atoms with E-state index < -0.39 is 0 Å². The normalized spacial score (nSPS) is 30.6. The molecule has 4 fully saturated rings. The van der Waals surface area contributed by atoms with E-state index in [-0.39, 0.29) is 11.6 Å². The molecule has 0 spiro atoms. The molecule has 0 saturated heterocycles. The second-order valence-electron chi connectivity index (χ2n) is 9.27. The van der Waals surface area contributed by atoms with Crippen molar-refractivity contribution in [3.63, 3.8) is 0 Å². The fraction of sp³-hybridized carbons (Fsp3) is 0.667. The molecule has 2 heterocycles. The van der Waals surface area contributed by atoms with Crippen LogP contribution in [0.1, 0.15) is 56.7 Å². The number of nitrogens with zero attached hydrogens (tertiary/aromatic N) is 4. The Kier molecular flexibility index (Phi) is 4.21. The quantitative estimate of drug-likeness (QED) is 0.830. The topological polar surface area (TPSA) is 76.8 Å². The Labute approximate surface area is 165 Å². The third-order valence-corrected chi connectivity index (χ3v) is 7.14. The van der Waals surface area contributed by atoms with Gasteiger partial charge >= 0.3 is 6.03 Å². The van der Waals surface area contributed by atoms with Crippen LogP contribution in [0.2, 0.25) is 0 Å². The monoisotopic (exact) mass is 382 g/mol. The Bertz CT molecular complexity index is 846. The van der Waals surface area contributed by atoms with Gasteiger partial charge in [-0.15, -0.1) is 0 Å². The van der Waals surface area contributed by atoms with Gasteiger partial charge in [0.1, 0.15) is 0 Å². The lowest BCUT2D eigenvalue weighted by Gasteiger charge is -2.56. The lowest BCUT2D eigenvalue weighted by molar-refractivity contribution is -0.0127. The van der Waals surface area contributed by atoms with Crippen molar-refractivity contribution < 1.29 is 4.79 Å². The van der Waals surface area contributed by atoms with Crippen molar-refractivity contribution in [1.29, 1.82) is 0 Å². The van der Waals surface area contributed by atoms with Gasteiger partial charge in [0, 0.05) is 29.5 Å². The molecule has 28 heavy (non-hydrogen) atoms. The van der Waals surface area contributed by atoms with Crippen molar-refractivity contribution in [2.45, 2.75) is 71.0 Å². The van der Waals surface area contributed by atoms with Gasteiger partial charge in [-0.25, -0.2) is 4.79 Å². The van der Waals surface area contributed by atoms with Crippen LogP contribution in [0.4, 0.5) is 10.5 Å². The summed E-state index contributed by atoms with van der Waals surface area (Å²) in [6, 6.07) is -0.0866. The van der Waals surface area contributed by atoms with E-state index in [1.807, 2.05) is 21.8 Å². The number of anilines is 1. The number of urea groups is 1. The molecule has 4 aliphatic rings. The zero-order valence-corrected chi connectivity index (χ0v) is 16.8. The first kappa shape index (κ1) is 17.8. The van der Waals surface area contributed by atoms with Gasteiger partial charge in [-0.1, -0.05) is 0 Å². The predicted octanol–water partition coefficient (Wildman–Crippen LogP) is 3.55. The number of carbonyl (C=O) groups excluding carboxylic acids is 1. The Balaban J connectivity index is 1.21. The second kappa shape index (κ2) is 6.64. The maximum Gasteiger partial charge on any atom is 0.319 e. The highest BCUT2D eigenvalue weighted by Gasteiger charge is 2.51. The van der Waals surface area contributed by atoms with Crippen molar-refractivity contribution in [3.8, 4) is 0 Å². The predicted molar refractivity (Wildman–Crippen MR) is 107 cm³/mol. The van der Waals surface area contributed by atoms with Crippen molar-refractivity contribution in [2.24, 2.45) is 17.8 Å². The minimum atomic E-state index is -0.0866. The molecule has 0 radical (unpaired) electrons. The number of amides is 2. The molecule has 2 aromatic rings. The highest BCUT2D eigenvalue weighted by atomic mass is 16.2. The summed E-state index contributed by atoms with van der Waals surface area (Å²) in [6.07, 6.45) is 13.1. The minimum absolute atomic E-state index is 0.0284. The van der Waals surface area contributed by atoms with E-state index in [0.29, 0.717) is 6.54 Å². The molecule has 150 valence electrons. The van der Waals surface area contributed by atoms with Crippen LogP contribution in [-0.2, 0) is 13.1 Å². The van der Waals surface area contributed by atoms with Gasteiger partial charge in [0.2, 0.25) is 0 Å².